The Morgan fingerprint density at radius 3 is 2.17 bits per heavy atom. The highest BCUT2D eigenvalue weighted by Crippen LogP contribution is 2.20. The Hall–Kier alpha value is -3.40. The van der Waals surface area contributed by atoms with Crippen LogP contribution in [0.5, 0.6) is 0 Å². The van der Waals surface area contributed by atoms with Crippen LogP contribution in [0.25, 0.3) is 0 Å². The quantitative estimate of drug-likeness (QED) is 0.588. The number of carbonyl (C=O) groups excluding carboxylic acids is 2. The van der Waals surface area contributed by atoms with Crippen molar-refractivity contribution in [1.82, 2.24) is 0 Å². The van der Waals surface area contributed by atoms with Crippen molar-refractivity contribution < 1.29 is 9.59 Å². The van der Waals surface area contributed by atoms with Crippen molar-refractivity contribution in [2.45, 2.75) is 26.7 Å². The summed E-state index contributed by atoms with van der Waals surface area (Å²) in [4.78, 5) is 27.3. The fraction of sp³-hybridized carbons (Fsp3) is 0.200. The van der Waals surface area contributed by atoms with E-state index in [-0.39, 0.29) is 11.8 Å². The Kier molecular flexibility index (Phi) is 6.45. The molecule has 0 aromatic heterocycles. The van der Waals surface area contributed by atoms with E-state index in [1.807, 2.05) is 61.5 Å². The van der Waals surface area contributed by atoms with E-state index in [0.717, 1.165) is 5.69 Å². The maximum atomic E-state index is 13.0. The third kappa shape index (κ3) is 4.91. The monoisotopic (exact) mass is 386 g/mol. The molecule has 0 spiro atoms. The van der Waals surface area contributed by atoms with Gasteiger partial charge in [-0.15, -0.1) is 0 Å². The summed E-state index contributed by atoms with van der Waals surface area (Å²) in [6.07, 6.45) is 0. The Morgan fingerprint density at radius 1 is 0.862 bits per heavy atom. The van der Waals surface area contributed by atoms with Gasteiger partial charge in [-0.25, -0.2) is 0 Å². The van der Waals surface area contributed by atoms with Crippen LogP contribution >= 0.6 is 0 Å². The van der Waals surface area contributed by atoms with Gasteiger partial charge in [0, 0.05) is 29.0 Å². The summed E-state index contributed by atoms with van der Waals surface area (Å²) in [5.74, 6) is 0.123. The van der Waals surface area contributed by atoms with E-state index in [0.29, 0.717) is 29.3 Å². The van der Waals surface area contributed by atoms with Gasteiger partial charge < -0.3 is 10.2 Å². The maximum Gasteiger partial charge on any atom is 0.258 e. The second-order valence-electron chi connectivity index (χ2n) is 7.20. The summed E-state index contributed by atoms with van der Waals surface area (Å²) < 4.78 is 0. The van der Waals surface area contributed by atoms with Crippen LogP contribution in [-0.4, -0.2) is 18.4 Å². The molecule has 29 heavy (non-hydrogen) atoms. The van der Waals surface area contributed by atoms with Gasteiger partial charge in [0.1, 0.15) is 0 Å². The predicted molar refractivity (Wildman–Crippen MR) is 119 cm³/mol. The molecule has 0 heterocycles. The number of nitrogens with zero attached hydrogens (tertiary/aromatic N) is 1. The zero-order valence-electron chi connectivity index (χ0n) is 17.1. The molecule has 0 fully saturated rings. The standard InChI is InChI=1S/C25H26N2O2/c1-4-27(23-11-6-5-7-12-23)25(29)21-9-8-10-22(17-21)26-24(28)20-15-13-19(14-16-20)18(2)3/h5-18H,4H2,1-3H3,(H,26,28). The van der Waals surface area contributed by atoms with Crippen LogP contribution in [0.4, 0.5) is 11.4 Å². The number of anilines is 2. The molecule has 0 saturated carbocycles. The first-order valence-electron chi connectivity index (χ1n) is 9.88. The van der Waals surface area contributed by atoms with Crippen LogP contribution in [0, 0.1) is 0 Å². The predicted octanol–water partition coefficient (Wildman–Crippen LogP) is 5.73. The van der Waals surface area contributed by atoms with Gasteiger partial charge in [0.15, 0.2) is 0 Å². The fourth-order valence-corrected chi connectivity index (χ4v) is 3.16. The Morgan fingerprint density at radius 2 is 1.55 bits per heavy atom. The van der Waals surface area contributed by atoms with Crippen molar-refractivity contribution in [2.24, 2.45) is 0 Å². The van der Waals surface area contributed by atoms with Crippen LogP contribution in [-0.2, 0) is 0 Å². The van der Waals surface area contributed by atoms with E-state index >= 15 is 0 Å². The third-order valence-electron chi connectivity index (χ3n) is 4.84. The number of para-hydroxylation sites is 1. The van der Waals surface area contributed by atoms with E-state index in [1.54, 1.807) is 29.2 Å². The molecule has 4 heteroatoms. The highest BCUT2D eigenvalue weighted by Gasteiger charge is 2.16. The van der Waals surface area contributed by atoms with Crippen LogP contribution in [0.15, 0.2) is 78.9 Å². The molecular formula is C25H26N2O2. The van der Waals surface area contributed by atoms with Gasteiger partial charge in [0.2, 0.25) is 0 Å². The van der Waals surface area contributed by atoms with Crippen molar-refractivity contribution in [1.29, 1.82) is 0 Å². The van der Waals surface area contributed by atoms with Gasteiger partial charge in [-0.05, 0) is 60.9 Å². The van der Waals surface area contributed by atoms with E-state index in [1.165, 1.54) is 5.56 Å². The first-order valence-corrected chi connectivity index (χ1v) is 9.88. The molecule has 0 bridgehead atoms. The average molecular weight is 386 g/mol. The molecule has 3 rings (SSSR count). The summed E-state index contributed by atoms with van der Waals surface area (Å²) >= 11 is 0. The van der Waals surface area contributed by atoms with Crippen molar-refractivity contribution in [3.05, 3.63) is 95.6 Å². The molecule has 0 radical (unpaired) electrons. The van der Waals surface area contributed by atoms with Gasteiger partial charge in [0.05, 0.1) is 0 Å². The first kappa shape index (κ1) is 20.3. The molecule has 1 N–H and O–H groups in total. The second-order valence-corrected chi connectivity index (χ2v) is 7.20. The molecule has 0 aliphatic carbocycles. The van der Waals surface area contributed by atoms with Gasteiger partial charge in [-0.1, -0.05) is 50.2 Å². The molecule has 3 aromatic carbocycles. The van der Waals surface area contributed by atoms with Gasteiger partial charge in [-0.2, -0.15) is 0 Å². The van der Waals surface area contributed by atoms with Crippen molar-refractivity contribution in [3.63, 3.8) is 0 Å². The highest BCUT2D eigenvalue weighted by molar-refractivity contribution is 6.08. The van der Waals surface area contributed by atoms with Crippen LogP contribution in [0.3, 0.4) is 0 Å². The lowest BCUT2D eigenvalue weighted by molar-refractivity contribution is 0.0985. The van der Waals surface area contributed by atoms with Gasteiger partial charge in [0.25, 0.3) is 11.8 Å². The molecule has 0 atom stereocenters. The van der Waals surface area contributed by atoms with E-state index in [2.05, 4.69) is 19.2 Å². The third-order valence-corrected chi connectivity index (χ3v) is 4.84. The normalized spacial score (nSPS) is 10.6. The SMILES string of the molecule is CCN(C(=O)c1cccc(NC(=O)c2ccc(C(C)C)cc2)c1)c1ccccc1. The maximum absolute atomic E-state index is 13.0. The number of hydrogen-bond donors (Lipinski definition) is 1. The van der Waals surface area contributed by atoms with Crippen molar-refractivity contribution in [3.8, 4) is 0 Å². The average Bonchev–Trinajstić information content (AvgIpc) is 2.75. The van der Waals surface area contributed by atoms with Crippen LogP contribution < -0.4 is 10.2 Å². The number of rotatable bonds is 6. The largest absolute Gasteiger partial charge is 0.322 e. The fourth-order valence-electron chi connectivity index (χ4n) is 3.16. The molecule has 148 valence electrons. The molecule has 2 amide bonds. The van der Waals surface area contributed by atoms with Crippen molar-refractivity contribution >= 4 is 23.2 Å². The summed E-state index contributed by atoms with van der Waals surface area (Å²) in [7, 11) is 0. The summed E-state index contributed by atoms with van der Waals surface area (Å²) in [5.41, 5.74) is 3.75. The van der Waals surface area contributed by atoms with Crippen LogP contribution in [0.2, 0.25) is 0 Å². The summed E-state index contributed by atoms with van der Waals surface area (Å²) in [5, 5.41) is 2.89. The Labute approximate surface area is 172 Å². The highest BCUT2D eigenvalue weighted by atomic mass is 16.2. The lowest BCUT2D eigenvalue weighted by Gasteiger charge is -2.21. The minimum atomic E-state index is -0.194. The lowest BCUT2D eigenvalue weighted by atomic mass is 10.0. The number of benzene rings is 3. The minimum absolute atomic E-state index is 0.101. The first-order chi connectivity index (χ1) is 14.0. The zero-order valence-corrected chi connectivity index (χ0v) is 17.1. The van der Waals surface area contributed by atoms with E-state index in [9.17, 15) is 9.59 Å². The molecular weight excluding hydrogens is 360 g/mol. The van der Waals surface area contributed by atoms with Gasteiger partial charge in [-0.3, -0.25) is 9.59 Å². The summed E-state index contributed by atoms with van der Waals surface area (Å²) in [6.45, 7) is 6.73. The Balaban J connectivity index is 1.76. The van der Waals surface area contributed by atoms with E-state index < -0.39 is 0 Å². The van der Waals surface area contributed by atoms with Gasteiger partial charge >= 0.3 is 0 Å². The molecule has 0 unspecified atom stereocenters. The molecule has 4 nitrogen and oxygen atoms in total. The Bertz CT molecular complexity index is 979. The van der Waals surface area contributed by atoms with E-state index in [4.69, 9.17) is 0 Å². The molecule has 0 aliphatic rings. The summed E-state index contributed by atoms with van der Waals surface area (Å²) in [6, 6.07) is 24.2. The molecule has 3 aromatic rings. The number of nitrogens with one attached hydrogen (secondary N) is 1. The number of hydrogen-bond acceptors (Lipinski definition) is 2. The smallest absolute Gasteiger partial charge is 0.258 e. The second kappa shape index (κ2) is 9.20. The molecule has 0 saturated heterocycles. The number of carbonyl (C=O) groups is 2. The number of amides is 2. The van der Waals surface area contributed by atoms with Crippen LogP contribution in [0.1, 0.15) is 53.0 Å². The topological polar surface area (TPSA) is 49.4 Å². The minimum Gasteiger partial charge on any atom is -0.322 e. The van der Waals surface area contributed by atoms with Crippen molar-refractivity contribution in [2.75, 3.05) is 16.8 Å². The molecule has 0 aliphatic heterocycles. The zero-order chi connectivity index (χ0) is 20.8. The lowest BCUT2D eigenvalue weighted by Crippen LogP contribution is -2.30.